The van der Waals surface area contributed by atoms with E-state index in [2.05, 4.69) is 44.0 Å². The third-order valence-electron chi connectivity index (χ3n) is 4.32. The van der Waals surface area contributed by atoms with Crippen molar-refractivity contribution < 1.29 is 4.42 Å². The van der Waals surface area contributed by atoms with E-state index in [0.29, 0.717) is 6.04 Å². The van der Waals surface area contributed by atoms with Crippen molar-refractivity contribution in [3.05, 3.63) is 23.7 Å². The van der Waals surface area contributed by atoms with Crippen LogP contribution in [0.3, 0.4) is 0 Å². The first-order chi connectivity index (χ1) is 10.1. The lowest BCUT2D eigenvalue weighted by Gasteiger charge is -2.30. The van der Waals surface area contributed by atoms with Gasteiger partial charge in [0.25, 0.3) is 0 Å². The minimum absolute atomic E-state index is 0.490. The van der Waals surface area contributed by atoms with E-state index in [1.807, 2.05) is 6.26 Å². The van der Waals surface area contributed by atoms with Crippen molar-refractivity contribution in [2.75, 3.05) is 6.54 Å². The molecule has 0 unspecified atom stereocenters. The zero-order chi connectivity index (χ0) is 15.2. The van der Waals surface area contributed by atoms with Gasteiger partial charge in [0.05, 0.1) is 12.8 Å². The normalized spacial score (nSPS) is 16.7. The molecule has 0 radical (unpaired) electrons. The first-order valence-electron chi connectivity index (χ1n) is 8.59. The maximum Gasteiger partial charge on any atom is 0.122 e. The van der Waals surface area contributed by atoms with Gasteiger partial charge >= 0.3 is 0 Å². The molecule has 0 saturated heterocycles. The van der Waals surface area contributed by atoms with E-state index in [9.17, 15) is 0 Å². The molecule has 0 spiro atoms. The van der Waals surface area contributed by atoms with Crippen LogP contribution in [-0.4, -0.2) is 23.5 Å². The first kappa shape index (κ1) is 16.6. The van der Waals surface area contributed by atoms with Crippen LogP contribution in [0.2, 0.25) is 0 Å². The van der Waals surface area contributed by atoms with Crippen LogP contribution in [0.15, 0.2) is 16.7 Å². The number of nitrogens with zero attached hydrogens (tertiary/aromatic N) is 1. The Balaban J connectivity index is 2.00. The summed E-state index contributed by atoms with van der Waals surface area (Å²) >= 11 is 0. The number of hydrogen-bond acceptors (Lipinski definition) is 3. The van der Waals surface area contributed by atoms with Crippen LogP contribution in [0.1, 0.15) is 64.7 Å². The maximum atomic E-state index is 5.69. The molecule has 0 aromatic carbocycles. The van der Waals surface area contributed by atoms with Gasteiger partial charge in [-0.1, -0.05) is 40.5 Å². The van der Waals surface area contributed by atoms with E-state index in [1.165, 1.54) is 37.8 Å². The van der Waals surface area contributed by atoms with Crippen molar-refractivity contribution in [3.8, 4) is 0 Å². The lowest BCUT2D eigenvalue weighted by molar-refractivity contribution is 0.167. The lowest BCUT2D eigenvalue weighted by Crippen LogP contribution is -2.36. The van der Waals surface area contributed by atoms with Gasteiger partial charge in [0.15, 0.2) is 0 Å². The molecule has 0 atom stereocenters. The topological polar surface area (TPSA) is 28.4 Å². The third-order valence-corrected chi connectivity index (χ3v) is 4.32. The Morgan fingerprint density at radius 1 is 1.24 bits per heavy atom. The van der Waals surface area contributed by atoms with Gasteiger partial charge in [0.1, 0.15) is 5.76 Å². The Kier molecular flexibility index (Phi) is 6.31. The molecular weight excluding hydrogens is 260 g/mol. The van der Waals surface area contributed by atoms with E-state index in [-0.39, 0.29) is 0 Å². The smallest absolute Gasteiger partial charge is 0.122 e. The molecule has 1 aromatic heterocycles. The van der Waals surface area contributed by atoms with Crippen molar-refractivity contribution in [1.29, 1.82) is 0 Å². The summed E-state index contributed by atoms with van der Waals surface area (Å²) in [5.74, 6) is 1.82. The molecule has 0 amide bonds. The fourth-order valence-corrected chi connectivity index (χ4v) is 3.26. The summed E-state index contributed by atoms with van der Waals surface area (Å²) in [6, 6.07) is 3.41. The van der Waals surface area contributed by atoms with Gasteiger partial charge in [0, 0.05) is 30.7 Å². The Bertz CT molecular complexity index is 405. The summed E-state index contributed by atoms with van der Waals surface area (Å²) in [6.45, 7) is 12.0. The molecule has 1 saturated carbocycles. The highest BCUT2D eigenvalue weighted by Crippen LogP contribution is 2.26. The molecule has 120 valence electrons. The molecule has 1 aromatic rings. The zero-order valence-electron chi connectivity index (χ0n) is 14.2. The van der Waals surface area contributed by atoms with Crippen molar-refractivity contribution >= 4 is 0 Å². The standard InChI is InChI=1S/C18H32N2O/c1-14(2)12-20(17-7-5-6-8-17)13-16-9-10-21-18(16)11-19-15(3)4/h9-10,14-15,17,19H,5-8,11-13H2,1-4H3. The molecular formula is C18H32N2O. The number of furan rings is 1. The summed E-state index contributed by atoms with van der Waals surface area (Å²) < 4.78 is 5.69. The van der Waals surface area contributed by atoms with Gasteiger partial charge in [-0.25, -0.2) is 0 Å². The summed E-state index contributed by atoms with van der Waals surface area (Å²) in [7, 11) is 0. The highest BCUT2D eigenvalue weighted by molar-refractivity contribution is 5.17. The molecule has 21 heavy (non-hydrogen) atoms. The molecule has 1 N–H and O–H groups in total. The van der Waals surface area contributed by atoms with Crippen molar-refractivity contribution in [2.45, 2.75) is 78.6 Å². The number of rotatable bonds is 8. The lowest BCUT2D eigenvalue weighted by atomic mass is 10.1. The van der Waals surface area contributed by atoms with Crippen LogP contribution < -0.4 is 5.32 Å². The summed E-state index contributed by atoms with van der Waals surface area (Å²) in [5, 5.41) is 3.46. The molecule has 1 aliphatic carbocycles. The molecule has 1 fully saturated rings. The van der Waals surface area contributed by atoms with Crippen molar-refractivity contribution in [3.63, 3.8) is 0 Å². The predicted octanol–water partition coefficient (Wildman–Crippen LogP) is 4.18. The van der Waals surface area contributed by atoms with Crippen LogP contribution in [0.25, 0.3) is 0 Å². The fourth-order valence-electron chi connectivity index (χ4n) is 3.26. The van der Waals surface area contributed by atoms with Crippen LogP contribution in [0, 0.1) is 5.92 Å². The second kappa shape index (κ2) is 8.00. The van der Waals surface area contributed by atoms with Gasteiger partial charge in [-0.05, 0) is 24.8 Å². The fraction of sp³-hybridized carbons (Fsp3) is 0.778. The average Bonchev–Trinajstić information content (AvgIpc) is 3.06. The van der Waals surface area contributed by atoms with Gasteiger partial charge in [-0.15, -0.1) is 0 Å². The molecule has 0 bridgehead atoms. The highest BCUT2D eigenvalue weighted by atomic mass is 16.3. The van der Waals surface area contributed by atoms with Gasteiger partial charge in [-0.3, -0.25) is 4.90 Å². The van der Waals surface area contributed by atoms with Gasteiger partial charge in [-0.2, -0.15) is 0 Å². The monoisotopic (exact) mass is 292 g/mol. The van der Waals surface area contributed by atoms with Crippen molar-refractivity contribution in [2.24, 2.45) is 5.92 Å². The first-order valence-corrected chi connectivity index (χ1v) is 8.59. The second-order valence-corrected chi connectivity index (χ2v) is 7.17. The van der Waals surface area contributed by atoms with Crippen LogP contribution in [0.4, 0.5) is 0 Å². The van der Waals surface area contributed by atoms with E-state index in [0.717, 1.165) is 30.8 Å². The molecule has 3 nitrogen and oxygen atoms in total. The van der Waals surface area contributed by atoms with Gasteiger partial charge < -0.3 is 9.73 Å². The number of nitrogens with one attached hydrogen (secondary N) is 1. The maximum absolute atomic E-state index is 5.69. The SMILES string of the molecule is CC(C)CN(Cc1ccoc1CNC(C)C)C1CCCC1. The van der Waals surface area contributed by atoms with E-state index in [4.69, 9.17) is 4.42 Å². The Hall–Kier alpha value is -0.800. The van der Waals surface area contributed by atoms with E-state index in [1.54, 1.807) is 0 Å². The van der Waals surface area contributed by atoms with Crippen LogP contribution >= 0.6 is 0 Å². The minimum Gasteiger partial charge on any atom is -0.468 e. The quantitative estimate of drug-likeness (QED) is 0.779. The molecule has 0 aliphatic heterocycles. The van der Waals surface area contributed by atoms with Gasteiger partial charge in [0.2, 0.25) is 0 Å². The Morgan fingerprint density at radius 3 is 2.57 bits per heavy atom. The molecule has 1 heterocycles. The van der Waals surface area contributed by atoms with E-state index >= 15 is 0 Å². The van der Waals surface area contributed by atoms with E-state index < -0.39 is 0 Å². The third kappa shape index (κ3) is 5.15. The average molecular weight is 292 g/mol. The Morgan fingerprint density at radius 2 is 1.95 bits per heavy atom. The van der Waals surface area contributed by atoms with Crippen LogP contribution in [0.5, 0.6) is 0 Å². The zero-order valence-corrected chi connectivity index (χ0v) is 14.2. The summed E-state index contributed by atoms with van der Waals surface area (Å²) in [5.41, 5.74) is 1.36. The second-order valence-electron chi connectivity index (χ2n) is 7.17. The Labute approximate surface area is 130 Å². The predicted molar refractivity (Wildman–Crippen MR) is 88.2 cm³/mol. The highest BCUT2D eigenvalue weighted by Gasteiger charge is 2.24. The summed E-state index contributed by atoms with van der Waals surface area (Å²) in [4.78, 5) is 2.68. The summed E-state index contributed by atoms with van der Waals surface area (Å²) in [6.07, 6.45) is 7.36. The molecule has 1 aliphatic rings. The molecule has 2 rings (SSSR count). The van der Waals surface area contributed by atoms with Crippen molar-refractivity contribution in [1.82, 2.24) is 10.2 Å². The number of hydrogen-bond donors (Lipinski definition) is 1. The largest absolute Gasteiger partial charge is 0.468 e. The minimum atomic E-state index is 0.490. The molecule has 3 heteroatoms. The van der Waals surface area contributed by atoms with Crippen LogP contribution in [-0.2, 0) is 13.1 Å².